The van der Waals surface area contributed by atoms with Crippen LogP contribution in [0.2, 0.25) is 0 Å². The van der Waals surface area contributed by atoms with Gasteiger partial charge in [-0.1, -0.05) is 30.3 Å². The Morgan fingerprint density at radius 2 is 1.76 bits per heavy atom. The summed E-state index contributed by atoms with van der Waals surface area (Å²) in [4.78, 5) is 2.68. The first-order valence-electron chi connectivity index (χ1n) is 6.73. The maximum atomic E-state index is 6.33. The lowest BCUT2D eigenvalue weighted by atomic mass is 9.85. The minimum Gasteiger partial charge on any atom is -0.325 e. The largest absolute Gasteiger partial charge is 0.325 e. The van der Waals surface area contributed by atoms with Crippen LogP contribution in [-0.4, -0.2) is 22.5 Å². The molecule has 2 N–H and O–H groups in total. The van der Waals surface area contributed by atoms with E-state index in [4.69, 9.17) is 5.73 Å². The van der Waals surface area contributed by atoms with Crippen molar-refractivity contribution in [2.45, 2.75) is 56.8 Å². The van der Waals surface area contributed by atoms with E-state index < -0.39 is 0 Å². The Kier molecular flexibility index (Phi) is 2.72. The van der Waals surface area contributed by atoms with Crippen LogP contribution < -0.4 is 5.73 Å². The minimum atomic E-state index is 0.0685. The molecule has 2 aliphatic heterocycles. The molecule has 0 saturated carbocycles. The molecule has 2 saturated heterocycles. The molecule has 2 aliphatic rings. The van der Waals surface area contributed by atoms with Crippen molar-refractivity contribution < 1.29 is 0 Å². The number of nitrogens with zero attached hydrogens (tertiary/aromatic N) is 1. The van der Waals surface area contributed by atoms with Crippen LogP contribution in [0.3, 0.4) is 0 Å². The highest BCUT2D eigenvalue weighted by molar-refractivity contribution is 5.16. The SMILES string of the molecule is C[C@]1(N)C[C@H]2CC[C@@H](C1)N2Cc1ccccc1. The zero-order valence-corrected chi connectivity index (χ0v) is 10.6. The van der Waals surface area contributed by atoms with Crippen molar-refractivity contribution in [3.05, 3.63) is 35.9 Å². The van der Waals surface area contributed by atoms with Crippen LogP contribution in [0.4, 0.5) is 0 Å². The molecule has 1 aromatic rings. The number of hydrogen-bond acceptors (Lipinski definition) is 2. The molecule has 2 heterocycles. The highest BCUT2D eigenvalue weighted by Gasteiger charge is 2.43. The van der Waals surface area contributed by atoms with Gasteiger partial charge in [0.15, 0.2) is 0 Å². The molecule has 0 unspecified atom stereocenters. The van der Waals surface area contributed by atoms with E-state index in [1.807, 2.05) is 0 Å². The van der Waals surface area contributed by atoms with Crippen molar-refractivity contribution in [2.75, 3.05) is 0 Å². The minimum absolute atomic E-state index is 0.0685. The molecular weight excluding hydrogens is 208 g/mol. The predicted octanol–water partition coefficient (Wildman–Crippen LogP) is 2.53. The average molecular weight is 230 g/mol. The quantitative estimate of drug-likeness (QED) is 0.846. The monoisotopic (exact) mass is 230 g/mol. The summed E-state index contributed by atoms with van der Waals surface area (Å²) < 4.78 is 0. The van der Waals surface area contributed by atoms with Gasteiger partial charge in [0.1, 0.15) is 0 Å². The third kappa shape index (κ3) is 2.24. The summed E-state index contributed by atoms with van der Waals surface area (Å²) >= 11 is 0. The lowest BCUT2D eigenvalue weighted by Crippen LogP contribution is -2.53. The average Bonchev–Trinajstić information content (AvgIpc) is 2.55. The van der Waals surface area contributed by atoms with Gasteiger partial charge in [-0.25, -0.2) is 0 Å². The number of fused-ring (bicyclic) bond motifs is 2. The van der Waals surface area contributed by atoms with Crippen molar-refractivity contribution in [3.8, 4) is 0 Å². The normalized spacial score (nSPS) is 37.3. The van der Waals surface area contributed by atoms with E-state index in [0.717, 1.165) is 19.4 Å². The second-order valence-electron chi connectivity index (χ2n) is 6.11. The predicted molar refractivity (Wildman–Crippen MR) is 70.6 cm³/mol. The lowest BCUT2D eigenvalue weighted by molar-refractivity contribution is 0.0875. The molecule has 3 atom stereocenters. The number of rotatable bonds is 2. The highest BCUT2D eigenvalue weighted by Crippen LogP contribution is 2.40. The Balaban J connectivity index is 1.74. The fourth-order valence-electron chi connectivity index (χ4n) is 3.67. The number of benzene rings is 1. The summed E-state index contributed by atoms with van der Waals surface area (Å²) in [6, 6.07) is 12.2. The zero-order chi connectivity index (χ0) is 11.9. The van der Waals surface area contributed by atoms with Crippen LogP contribution in [0, 0.1) is 0 Å². The summed E-state index contributed by atoms with van der Waals surface area (Å²) in [5, 5.41) is 0. The van der Waals surface area contributed by atoms with Crippen LogP contribution in [0.5, 0.6) is 0 Å². The number of piperidine rings is 1. The molecule has 0 amide bonds. The second-order valence-corrected chi connectivity index (χ2v) is 6.11. The Bertz CT molecular complexity index is 369. The van der Waals surface area contributed by atoms with Gasteiger partial charge in [0.25, 0.3) is 0 Å². The van der Waals surface area contributed by atoms with Crippen molar-refractivity contribution in [2.24, 2.45) is 5.73 Å². The maximum Gasteiger partial charge on any atom is 0.0239 e. The van der Waals surface area contributed by atoms with Crippen molar-refractivity contribution in [1.82, 2.24) is 4.90 Å². The van der Waals surface area contributed by atoms with Crippen molar-refractivity contribution in [3.63, 3.8) is 0 Å². The fourth-order valence-corrected chi connectivity index (χ4v) is 3.67. The summed E-state index contributed by atoms with van der Waals surface area (Å²) in [5.41, 5.74) is 7.83. The van der Waals surface area contributed by atoms with E-state index in [1.54, 1.807) is 0 Å². The fraction of sp³-hybridized carbons (Fsp3) is 0.600. The first-order valence-corrected chi connectivity index (χ1v) is 6.73. The van der Waals surface area contributed by atoms with E-state index >= 15 is 0 Å². The van der Waals surface area contributed by atoms with Crippen LogP contribution in [0.1, 0.15) is 38.2 Å². The van der Waals surface area contributed by atoms with Gasteiger partial charge in [-0.3, -0.25) is 4.90 Å². The molecule has 2 bridgehead atoms. The van der Waals surface area contributed by atoms with Gasteiger partial charge in [0.05, 0.1) is 0 Å². The summed E-state index contributed by atoms with van der Waals surface area (Å²) in [6.45, 7) is 3.32. The van der Waals surface area contributed by atoms with Gasteiger partial charge in [-0.05, 0) is 38.2 Å². The standard InChI is InChI=1S/C15H22N2/c1-15(16)9-13-7-8-14(10-15)17(13)11-12-5-3-2-4-6-12/h2-6,13-14H,7-11,16H2,1H3/t13-,14+,15+. The molecule has 2 nitrogen and oxygen atoms in total. The van der Waals surface area contributed by atoms with E-state index in [-0.39, 0.29) is 5.54 Å². The molecular formula is C15H22N2. The zero-order valence-electron chi connectivity index (χ0n) is 10.6. The molecule has 1 aromatic carbocycles. The third-order valence-corrected chi connectivity index (χ3v) is 4.38. The topological polar surface area (TPSA) is 29.3 Å². The van der Waals surface area contributed by atoms with Gasteiger partial charge in [-0.2, -0.15) is 0 Å². The smallest absolute Gasteiger partial charge is 0.0239 e. The number of nitrogens with two attached hydrogens (primary N) is 1. The molecule has 2 fully saturated rings. The molecule has 0 spiro atoms. The van der Waals surface area contributed by atoms with E-state index in [2.05, 4.69) is 42.2 Å². The molecule has 2 heteroatoms. The summed E-state index contributed by atoms with van der Waals surface area (Å²) in [5.74, 6) is 0. The Hall–Kier alpha value is -0.860. The van der Waals surface area contributed by atoms with Crippen LogP contribution in [0.15, 0.2) is 30.3 Å². The highest BCUT2D eigenvalue weighted by atomic mass is 15.2. The Morgan fingerprint density at radius 3 is 2.35 bits per heavy atom. The van der Waals surface area contributed by atoms with Gasteiger partial charge in [0.2, 0.25) is 0 Å². The number of hydrogen-bond donors (Lipinski definition) is 1. The van der Waals surface area contributed by atoms with E-state index in [1.165, 1.54) is 18.4 Å². The maximum absolute atomic E-state index is 6.33. The Morgan fingerprint density at radius 1 is 1.18 bits per heavy atom. The van der Waals surface area contributed by atoms with Crippen LogP contribution >= 0.6 is 0 Å². The van der Waals surface area contributed by atoms with Gasteiger partial charge in [-0.15, -0.1) is 0 Å². The van der Waals surface area contributed by atoms with Crippen molar-refractivity contribution in [1.29, 1.82) is 0 Å². The summed E-state index contributed by atoms with van der Waals surface area (Å²) in [7, 11) is 0. The van der Waals surface area contributed by atoms with Crippen LogP contribution in [-0.2, 0) is 6.54 Å². The van der Waals surface area contributed by atoms with E-state index in [9.17, 15) is 0 Å². The molecule has 92 valence electrons. The first kappa shape index (κ1) is 11.2. The van der Waals surface area contributed by atoms with Gasteiger partial charge >= 0.3 is 0 Å². The molecule has 0 aromatic heterocycles. The first-order chi connectivity index (χ1) is 8.14. The summed E-state index contributed by atoms with van der Waals surface area (Å²) in [6.07, 6.45) is 5.00. The van der Waals surface area contributed by atoms with Crippen LogP contribution in [0.25, 0.3) is 0 Å². The molecule has 3 rings (SSSR count). The molecule has 17 heavy (non-hydrogen) atoms. The van der Waals surface area contributed by atoms with Crippen molar-refractivity contribution >= 4 is 0 Å². The van der Waals surface area contributed by atoms with Gasteiger partial charge in [0, 0.05) is 24.2 Å². The second kappa shape index (κ2) is 4.11. The van der Waals surface area contributed by atoms with E-state index in [0.29, 0.717) is 12.1 Å². The van der Waals surface area contributed by atoms with Gasteiger partial charge < -0.3 is 5.73 Å². The lowest BCUT2D eigenvalue weighted by Gasteiger charge is -2.43. The third-order valence-electron chi connectivity index (χ3n) is 4.38. The molecule has 0 aliphatic carbocycles. The molecule has 0 radical (unpaired) electrons. The Labute approximate surface area is 104 Å².